The van der Waals surface area contributed by atoms with E-state index in [2.05, 4.69) is 15.9 Å². The second-order valence-electron chi connectivity index (χ2n) is 9.70. The summed E-state index contributed by atoms with van der Waals surface area (Å²) in [7, 11) is 1.40. The summed E-state index contributed by atoms with van der Waals surface area (Å²) in [6, 6.07) is 20.6. The van der Waals surface area contributed by atoms with Crippen LogP contribution in [0.3, 0.4) is 0 Å². The lowest BCUT2D eigenvalue weighted by molar-refractivity contribution is -0.230. The maximum atomic E-state index is 13.2. The van der Waals surface area contributed by atoms with Crippen LogP contribution in [0.15, 0.2) is 72.8 Å². The first-order chi connectivity index (χ1) is 19.2. The van der Waals surface area contributed by atoms with Gasteiger partial charge in [0.2, 0.25) is 5.79 Å². The third kappa shape index (κ3) is 6.60. The molecule has 0 bridgehead atoms. The van der Waals surface area contributed by atoms with Gasteiger partial charge in [0.1, 0.15) is 12.7 Å². The van der Waals surface area contributed by atoms with Crippen LogP contribution in [-0.2, 0) is 23.7 Å². The van der Waals surface area contributed by atoms with Gasteiger partial charge in [0.15, 0.2) is 12.2 Å². The Hall–Kier alpha value is -3.53. The quantitative estimate of drug-likeness (QED) is 0.181. The molecule has 3 aromatic carbocycles. The molecule has 0 saturated carbocycles. The zero-order chi connectivity index (χ0) is 28.9. The number of ether oxygens (including phenoxy) is 5. The van der Waals surface area contributed by atoms with Gasteiger partial charge in [-0.1, -0.05) is 69.0 Å². The average Bonchev–Trinajstić information content (AvgIpc) is 3.24. The monoisotopic (exact) mass is 610 g/mol. The number of rotatable bonds is 9. The molecule has 0 spiro atoms. The van der Waals surface area contributed by atoms with Crippen molar-refractivity contribution in [3.63, 3.8) is 0 Å². The van der Waals surface area contributed by atoms with Gasteiger partial charge in [-0.2, -0.15) is 0 Å². The maximum Gasteiger partial charge on any atom is 0.338 e. The summed E-state index contributed by atoms with van der Waals surface area (Å²) in [5.74, 6) is -3.40. The summed E-state index contributed by atoms with van der Waals surface area (Å²) in [6.07, 6.45) is -3.35. The van der Waals surface area contributed by atoms with Crippen molar-refractivity contribution in [2.24, 2.45) is 0 Å². The van der Waals surface area contributed by atoms with Crippen molar-refractivity contribution in [3.8, 4) is 0 Å². The summed E-state index contributed by atoms with van der Waals surface area (Å²) in [6.45, 7) is 5.44. The van der Waals surface area contributed by atoms with Crippen LogP contribution in [0.1, 0.15) is 47.8 Å². The molecule has 3 aromatic rings. The van der Waals surface area contributed by atoms with E-state index in [0.717, 1.165) is 16.7 Å². The van der Waals surface area contributed by atoms with E-state index in [1.54, 1.807) is 72.8 Å². The molecule has 1 aliphatic rings. The van der Waals surface area contributed by atoms with E-state index in [1.807, 2.05) is 20.8 Å². The van der Waals surface area contributed by atoms with E-state index in [0.29, 0.717) is 16.7 Å². The number of benzene rings is 3. The highest BCUT2D eigenvalue weighted by atomic mass is 79.9. The SMILES string of the molecule is CO[C@]1(CBr)O[C@H](COC(=O)c2ccc(C)cc2)[C@@H](OC(=O)c2ccc(C)cc2)[C@H]1OC(=O)c1ccc(C)cc1. The third-order valence-electron chi connectivity index (χ3n) is 6.70. The summed E-state index contributed by atoms with van der Waals surface area (Å²) in [5, 5.41) is 0.0728. The van der Waals surface area contributed by atoms with Gasteiger partial charge in [-0.25, -0.2) is 14.4 Å². The van der Waals surface area contributed by atoms with Crippen LogP contribution in [0, 0.1) is 20.8 Å². The summed E-state index contributed by atoms with van der Waals surface area (Å²) >= 11 is 3.40. The highest BCUT2D eigenvalue weighted by Gasteiger charge is 2.60. The van der Waals surface area contributed by atoms with Crippen LogP contribution in [0.2, 0.25) is 0 Å². The van der Waals surface area contributed by atoms with Gasteiger partial charge in [-0.3, -0.25) is 0 Å². The van der Waals surface area contributed by atoms with E-state index in [1.165, 1.54) is 7.11 Å². The fourth-order valence-corrected chi connectivity index (χ4v) is 4.95. The molecule has 0 radical (unpaired) electrons. The highest BCUT2D eigenvalue weighted by molar-refractivity contribution is 9.09. The van der Waals surface area contributed by atoms with Gasteiger partial charge >= 0.3 is 17.9 Å². The molecule has 210 valence electrons. The van der Waals surface area contributed by atoms with E-state index in [-0.39, 0.29) is 11.9 Å². The Labute approximate surface area is 241 Å². The number of esters is 3. The number of hydrogen-bond donors (Lipinski definition) is 0. The van der Waals surface area contributed by atoms with E-state index < -0.39 is 42.0 Å². The van der Waals surface area contributed by atoms with E-state index >= 15 is 0 Å². The van der Waals surface area contributed by atoms with Gasteiger partial charge in [0, 0.05) is 7.11 Å². The number of methoxy groups -OCH3 is 1. The van der Waals surface area contributed by atoms with Gasteiger partial charge < -0.3 is 23.7 Å². The standard InChI is InChI=1S/C31H31BrO8/c1-19-5-11-22(12-6-19)28(33)37-17-25-26(38-29(34)23-13-7-20(2)8-14-23)27(31(18-32,36-4)40-25)39-30(35)24-15-9-21(3)10-16-24/h5-16,25-27H,17-18H2,1-4H3/t25-,26-,27-,31-/m1/s1. The van der Waals surface area contributed by atoms with Crippen LogP contribution >= 0.6 is 15.9 Å². The number of carbonyl (C=O) groups is 3. The lowest BCUT2D eigenvalue weighted by Crippen LogP contribution is -2.50. The Morgan fingerprint density at radius 2 is 1.15 bits per heavy atom. The largest absolute Gasteiger partial charge is 0.459 e. The van der Waals surface area contributed by atoms with Crippen LogP contribution in [0.25, 0.3) is 0 Å². The molecule has 1 heterocycles. The predicted molar refractivity (Wildman–Crippen MR) is 151 cm³/mol. The van der Waals surface area contributed by atoms with Gasteiger partial charge in [0.25, 0.3) is 0 Å². The number of halogens is 1. The van der Waals surface area contributed by atoms with E-state index in [9.17, 15) is 14.4 Å². The minimum atomic E-state index is -1.53. The Kier molecular flexibility index (Phi) is 9.40. The molecule has 1 fully saturated rings. The molecular formula is C31H31BrO8. The van der Waals surface area contributed by atoms with E-state index in [4.69, 9.17) is 23.7 Å². The average molecular weight is 611 g/mol. The topological polar surface area (TPSA) is 97.4 Å². The fourth-order valence-electron chi connectivity index (χ4n) is 4.27. The Morgan fingerprint density at radius 3 is 1.57 bits per heavy atom. The van der Waals surface area contributed by atoms with Crippen LogP contribution < -0.4 is 0 Å². The Morgan fingerprint density at radius 1 is 0.725 bits per heavy atom. The zero-order valence-corrected chi connectivity index (χ0v) is 24.3. The lowest BCUT2D eigenvalue weighted by atomic mass is 10.0. The minimum Gasteiger partial charge on any atom is -0.459 e. The second-order valence-corrected chi connectivity index (χ2v) is 10.3. The second kappa shape index (κ2) is 12.8. The first-order valence-electron chi connectivity index (χ1n) is 12.7. The van der Waals surface area contributed by atoms with Gasteiger partial charge in [-0.15, -0.1) is 0 Å². The summed E-state index contributed by atoms with van der Waals surface area (Å²) in [5.41, 5.74) is 3.93. The predicted octanol–water partition coefficient (Wildman–Crippen LogP) is 5.36. The van der Waals surface area contributed by atoms with Crippen LogP contribution in [0.5, 0.6) is 0 Å². The first-order valence-corrected chi connectivity index (χ1v) is 13.9. The molecule has 0 N–H and O–H groups in total. The molecule has 0 aromatic heterocycles. The molecule has 1 saturated heterocycles. The highest BCUT2D eigenvalue weighted by Crippen LogP contribution is 2.38. The zero-order valence-electron chi connectivity index (χ0n) is 22.7. The van der Waals surface area contributed by atoms with Gasteiger partial charge in [0.05, 0.1) is 22.0 Å². The molecule has 4 atom stereocenters. The van der Waals surface area contributed by atoms with Crippen molar-refractivity contribution >= 4 is 33.8 Å². The van der Waals surface area contributed by atoms with Gasteiger partial charge in [-0.05, 0) is 57.2 Å². The molecule has 0 unspecified atom stereocenters. The minimum absolute atomic E-state index is 0.0728. The molecule has 1 aliphatic heterocycles. The Bertz CT molecular complexity index is 1330. The van der Waals surface area contributed by atoms with Crippen LogP contribution in [0.4, 0.5) is 0 Å². The summed E-state index contributed by atoms with van der Waals surface area (Å²) < 4.78 is 29.2. The van der Waals surface area contributed by atoms with Crippen molar-refractivity contribution in [3.05, 3.63) is 106 Å². The molecule has 9 heteroatoms. The van der Waals surface area contributed by atoms with Crippen molar-refractivity contribution < 1.29 is 38.1 Å². The Balaban J connectivity index is 1.62. The normalized spacial score (nSPS) is 22.0. The van der Waals surface area contributed by atoms with Crippen molar-refractivity contribution in [1.82, 2.24) is 0 Å². The summed E-state index contributed by atoms with van der Waals surface area (Å²) in [4.78, 5) is 39.1. The number of alkyl halides is 1. The van der Waals surface area contributed by atoms with Crippen molar-refractivity contribution in [2.45, 2.75) is 44.9 Å². The number of carbonyl (C=O) groups excluding carboxylic acids is 3. The number of hydrogen-bond acceptors (Lipinski definition) is 8. The van der Waals surface area contributed by atoms with Crippen molar-refractivity contribution in [1.29, 1.82) is 0 Å². The molecule has 0 amide bonds. The molecule has 4 rings (SSSR count). The molecule has 0 aliphatic carbocycles. The fraction of sp³-hybridized carbons (Fsp3) is 0.323. The van der Waals surface area contributed by atoms with Crippen molar-refractivity contribution in [2.75, 3.05) is 19.0 Å². The first kappa shape index (κ1) is 29.5. The molecular weight excluding hydrogens is 580 g/mol. The number of aryl methyl sites for hydroxylation is 3. The molecule has 40 heavy (non-hydrogen) atoms. The van der Waals surface area contributed by atoms with Crippen LogP contribution in [-0.4, -0.2) is 61.1 Å². The molecule has 8 nitrogen and oxygen atoms in total. The third-order valence-corrected chi connectivity index (χ3v) is 7.48. The smallest absolute Gasteiger partial charge is 0.338 e. The maximum absolute atomic E-state index is 13.2. The lowest BCUT2D eigenvalue weighted by Gasteiger charge is -2.31.